The molecule has 1 heterocycles. The van der Waals surface area contributed by atoms with Crippen molar-refractivity contribution in [3.63, 3.8) is 0 Å². The molecule has 3 aromatic carbocycles. The second-order valence-corrected chi connectivity index (χ2v) is 9.02. The van der Waals surface area contributed by atoms with Crippen LogP contribution in [0.3, 0.4) is 0 Å². The molecule has 0 unspecified atom stereocenters. The Kier molecular flexibility index (Phi) is 5.54. The summed E-state index contributed by atoms with van der Waals surface area (Å²) in [7, 11) is 0. The fraction of sp³-hybridized carbons (Fsp3) is 0.200. The van der Waals surface area contributed by atoms with Crippen LogP contribution in [0.25, 0.3) is 17.1 Å². The fourth-order valence-electron chi connectivity index (χ4n) is 3.20. The van der Waals surface area contributed by atoms with Crippen LogP contribution in [-0.4, -0.2) is 14.8 Å². The highest BCUT2D eigenvalue weighted by Gasteiger charge is 2.18. The summed E-state index contributed by atoms with van der Waals surface area (Å²) in [5.74, 6) is 1.72. The first kappa shape index (κ1) is 19.5. The fourth-order valence-corrected chi connectivity index (χ4v) is 4.11. The Bertz CT molecular complexity index is 1060. The predicted octanol–water partition coefficient (Wildman–Crippen LogP) is 6.52. The molecule has 0 amide bonds. The van der Waals surface area contributed by atoms with Crippen molar-refractivity contribution >= 4 is 11.8 Å². The van der Waals surface area contributed by atoms with Gasteiger partial charge < -0.3 is 0 Å². The topological polar surface area (TPSA) is 30.7 Å². The Morgan fingerprint density at radius 3 is 2.00 bits per heavy atom. The van der Waals surface area contributed by atoms with Gasteiger partial charge in [0.1, 0.15) is 0 Å². The van der Waals surface area contributed by atoms with Crippen molar-refractivity contribution < 1.29 is 0 Å². The minimum Gasteiger partial charge on any atom is -0.270 e. The van der Waals surface area contributed by atoms with E-state index in [-0.39, 0.29) is 5.41 Å². The van der Waals surface area contributed by atoms with Crippen LogP contribution in [0.5, 0.6) is 0 Å². The highest BCUT2D eigenvalue weighted by Crippen LogP contribution is 2.31. The van der Waals surface area contributed by atoms with E-state index in [1.807, 2.05) is 24.3 Å². The van der Waals surface area contributed by atoms with Gasteiger partial charge in [-0.3, -0.25) is 4.57 Å². The number of rotatable bonds is 5. The number of thioether (sulfide) groups is 1. The maximum atomic E-state index is 4.56. The number of para-hydroxylation sites is 1. The smallest absolute Gasteiger partial charge is 0.196 e. The molecule has 0 aliphatic heterocycles. The summed E-state index contributed by atoms with van der Waals surface area (Å²) in [6.45, 7) is 6.69. The SMILES string of the molecule is CC(C)(C)c1ccc(-c2nnc(SCc3ccccc3)n2-c2ccccc2)cc1. The molecular weight excluding hydrogens is 374 g/mol. The second kappa shape index (κ2) is 8.26. The van der Waals surface area contributed by atoms with Crippen molar-refractivity contribution in [1.29, 1.82) is 0 Å². The van der Waals surface area contributed by atoms with Gasteiger partial charge in [-0.1, -0.05) is 105 Å². The van der Waals surface area contributed by atoms with Crippen LogP contribution in [0.1, 0.15) is 31.9 Å². The standard InChI is InChI=1S/C25H25N3S/c1-25(2,3)21-16-14-20(15-17-21)23-26-27-24(28(23)22-12-8-5-9-13-22)29-18-19-10-6-4-7-11-19/h4-17H,18H2,1-3H3. The van der Waals surface area contributed by atoms with Gasteiger partial charge in [-0.2, -0.15) is 0 Å². The molecule has 0 aliphatic carbocycles. The van der Waals surface area contributed by atoms with Gasteiger partial charge in [0.2, 0.25) is 0 Å². The maximum absolute atomic E-state index is 4.56. The summed E-state index contributed by atoms with van der Waals surface area (Å²) >= 11 is 1.71. The molecule has 0 atom stereocenters. The van der Waals surface area contributed by atoms with Gasteiger partial charge in [0.15, 0.2) is 11.0 Å². The van der Waals surface area contributed by atoms with Crippen molar-refractivity contribution in [3.05, 3.63) is 96.1 Å². The molecule has 0 bridgehead atoms. The lowest BCUT2D eigenvalue weighted by molar-refractivity contribution is 0.590. The Morgan fingerprint density at radius 2 is 1.38 bits per heavy atom. The normalized spacial score (nSPS) is 11.6. The highest BCUT2D eigenvalue weighted by molar-refractivity contribution is 7.98. The number of nitrogens with zero attached hydrogens (tertiary/aromatic N) is 3. The number of hydrogen-bond acceptors (Lipinski definition) is 3. The monoisotopic (exact) mass is 399 g/mol. The average molecular weight is 400 g/mol. The van der Waals surface area contributed by atoms with Gasteiger partial charge >= 0.3 is 0 Å². The molecule has 4 heteroatoms. The lowest BCUT2D eigenvalue weighted by Crippen LogP contribution is -2.10. The van der Waals surface area contributed by atoms with Gasteiger partial charge in [-0.05, 0) is 28.7 Å². The molecule has 0 saturated heterocycles. The summed E-state index contributed by atoms with van der Waals surface area (Å²) in [5, 5.41) is 9.99. The van der Waals surface area contributed by atoms with Crippen molar-refractivity contribution in [1.82, 2.24) is 14.8 Å². The highest BCUT2D eigenvalue weighted by atomic mass is 32.2. The van der Waals surface area contributed by atoms with Crippen molar-refractivity contribution in [2.75, 3.05) is 0 Å². The molecule has 0 saturated carbocycles. The van der Waals surface area contributed by atoms with Gasteiger partial charge in [0.25, 0.3) is 0 Å². The Morgan fingerprint density at radius 1 is 0.759 bits per heavy atom. The largest absolute Gasteiger partial charge is 0.270 e. The Labute approximate surface area is 176 Å². The van der Waals surface area contributed by atoms with Crippen LogP contribution in [-0.2, 0) is 11.2 Å². The van der Waals surface area contributed by atoms with Gasteiger partial charge in [0, 0.05) is 17.0 Å². The number of hydrogen-bond donors (Lipinski definition) is 0. The van der Waals surface area contributed by atoms with Gasteiger partial charge in [-0.15, -0.1) is 10.2 Å². The van der Waals surface area contributed by atoms with Crippen LogP contribution >= 0.6 is 11.8 Å². The zero-order valence-electron chi connectivity index (χ0n) is 17.0. The first-order valence-corrected chi connectivity index (χ1v) is 10.8. The first-order chi connectivity index (χ1) is 14.0. The van der Waals surface area contributed by atoms with E-state index in [4.69, 9.17) is 0 Å². The third-order valence-corrected chi connectivity index (χ3v) is 5.87. The molecule has 0 fully saturated rings. The van der Waals surface area contributed by atoms with E-state index < -0.39 is 0 Å². The lowest BCUT2D eigenvalue weighted by Gasteiger charge is -2.19. The third kappa shape index (κ3) is 4.43. The zero-order chi connectivity index (χ0) is 20.3. The number of benzene rings is 3. The molecule has 29 heavy (non-hydrogen) atoms. The van der Waals surface area contributed by atoms with E-state index in [1.54, 1.807) is 11.8 Å². The van der Waals surface area contributed by atoms with E-state index in [1.165, 1.54) is 11.1 Å². The summed E-state index contributed by atoms with van der Waals surface area (Å²) in [6.07, 6.45) is 0. The molecule has 0 N–H and O–H groups in total. The molecule has 1 aromatic heterocycles. The second-order valence-electron chi connectivity index (χ2n) is 8.08. The molecule has 146 valence electrons. The van der Waals surface area contributed by atoms with E-state index >= 15 is 0 Å². The number of aromatic nitrogens is 3. The molecule has 4 rings (SSSR count). The van der Waals surface area contributed by atoms with E-state index in [0.29, 0.717) is 0 Å². The first-order valence-electron chi connectivity index (χ1n) is 9.81. The molecule has 4 aromatic rings. The lowest BCUT2D eigenvalue weighted by atomic mass is 9.87. The van der Waals surface area contributed by atoms with Crippen LogP contribution < -0.4 is 0 Å². The minimum absolute atomic E-state index is 0.127. The maximum Gasteiger partial charge on any atom is 0.196 e. The van der Waals surface area contributed by atoms with Crippen molar-refractivity contribution in [3.8, 4) is 17.1 Å². The molecule has 0 aliphatic rings. The van der Waals surface area contributed by atoms with Gasteiger partial charge in [0.05, 0.1) is 0 Å². The van der Waals surface area contributed by atoms with E-state index in [2.05, 4.69) is 96.2 Å². The quantitative estimate of drug-likeness (QED) is 0.358. The summed E-state index contributed by atoms with van der Waals surface area (Å²) in [6, 6.07) is 29.5. The average Bonchev–Trinajstić information content (AvgIpc) is 3.17. The molecule has 0 radical (unpaired) electrons. The van der Waals surface area contributed by atoms with Crippen LogP contribution in [0.15, 0.2) is 90.1 Å². The molecule has 0 spiro atoms. The minimum atomic E-state index is 0.127. The van der Waals surface area contributed by atoms with Crippen LogP contribution in [0, 0.1) is 0 Å². The predicted molar refractivity (Wildman–Crippen MR) is 121 cm³/mol. The van der Waals surface area contributed by atoms with Gasteiger partial charge in [-0.25, -0.2) is 0 Å². The summed E-state index contributed by atoms with van der Waals surface area (Å²) in [4.78, 5) is 0. The summed E-state index contributed by atoms with van der Waals surface area (Å²) < 4.78 is 2.15. The Hall–Kier alpha value is -2.85. The van der Waals surface area contributed by atoms with Crippen LogP contribution in [0.2, 0.25) is 0 Å². The zero-order valence-corrected chi connectivity index (χ0v) is 17.9. The molecular formula is C25H25N3S. The van der Waals surface area contributed by atoms with Crippen molar-refractivity contribution in [2.45, 2.75) is 37.1 Å². The molecule has 3 nitrogen and oxygen atoms in total. The third-order valence-electron chi connectivity index (χ3n) is 4.87. The summed E-state index contributed by atoms with van der Waals surface area (Å²) in [5.41, 5.74) is 4.85. The van der Waals surface area contributed by atoms with E-state index in [9.17, 15) is 0 Å². The van der Waals surface area contributed by atoms with Crippen LogP contribution in [0.4, 0.5) is 0 Å². The van der Waals surface area contributed by atoms with Crippen molar-refractivity contribution in [2.24, 2.45) is 0 Å². The Balaban J connectivity index is 1.71. The van der Waals surface area contributed by atoms with E-state index in [0.717, 1.165) is 28.0 Å².